The summed E-state index contributed by atoms with van der Waals surface area (Å²) < 4.78 is 10.9. The van der Waals surface area contributed by atoms with E-state index in [2.05, 4.69) is 16.3 Å². The van der Waals surface area contributed by atoms with Crippen LogP contribution in [0.2, 0.25) is 0 Å². The molecule has 1 N–H and O–H groups in total. The fraction of sp³-hybridized carbons (Fsp3) is 0.381. The van der Waals surface area contributed by atoms with E-state index in [0.717, 1.165) is 35.7 Å². The van der Waals surface area contributed by atoms with Crippen LogP contribution in [0, 0.1) is 13.8 Å². The summed E-state index contributed by atoms with van der Waals surface area (Å²) in [5.41, 5.74) is 4.02. The first-order chi connectivity index (χ1) is 13.0. The van der Waals surface area contributed by atoms with Crippen molar-refractivity contribution in [2.45, 2.75) is 13.8 Å². The molecule has 0 saturated carbocycles. The quantitative estimate of drug-likeness (QED) is 0.893. The molecule has 6 nitrogen and oxygen atoms in total. The zero-order valence-corrected chi connectivity index (χ0v) is 16.4. The lowest BCUT2D eigenvalue weighted by atomic mass is 10.1. The predicted octanol–water partition coefficient (Wildman–Crippen LogP) is 3.67. The van der Waals surface area contributed by atoms with E-state index in [-0.39, 0.29) is 6.03 Å². The predicted molar refractivity (Wildman–Crippen MR) is 108 cm³/mol. The van der Waals surface area contributed by atoms with E-state index in [4.69, 9.17) is 9.47 Å². The molecule has 0 radical (unpaired) electrons. The Morgan fingerprint density at radius 3 is 2.22 bits per heavy atom. The number of nitrogens with one attached hydrogen (secondary N) is 1. The highest BCUT2D eigenvalue weighted by molar-refractivity contribution is 5.91. The number of hydrogen-bond acceptors (Lipinski definition) is 4. The highest BCUT2D eigenvalue weighted by atomic mass is 16.5. The summed E-state index contributed by atoms with van der Waals surface area (Å²) in [4.78, 5) is 16.8. The van der Waals surface area contributed by atoms with Crippen molar-refractivity contribution in [1.29, 1.82) is 0 Å². The molecule has 144 valence electrons. The summed E-state index contributed by atoms with van der Waals surface area (Å²) in [6, 6.07) is 11.8. The van der Waals surface area contributed by atoms with Crippen molar-refractivity contribution in [2.24, 2.45) is 0 Å². The Labute approximate surface area is 160 Å². The smallest absolute Gasteiger partial charge is 0.322 e. The molecule has 0 atom stereocenters. The molecule has 2 aromatic carbocycles. The Bertz CT molecular complexity index is 814. The van der Waals surface area contributed by atoms with Gasteiger partial charge in [0, 0.05) is 26.2 Å². The normalized spacial score (nSPS) is 14.1. The SMILES string of the molecule is COc1cc(C)c(C)cc1NC(=O)N1CCN(c2ccccc2OC)CC1. The second-order valence-corrected chi connectivity index (χ2v) is 6.71. The zero-order chi connectivity index (χ0) is 19.4. The second kappa shape index (κ2) is 8.20. The number of hydrogen-bond donors (Lipinski definition) is 1. The average molecular weight is 369 g/mol. The van der Waals surface area contributed by atoms with Crippen LogP contribution in [0.4, 0.5) is 16.2 Å². The number of benzene rings is 2. The third-order valence-electron chi connectivity index (χ3n) is 5.05. The van der Waals surface area contributed by atoms with Crippen molar-refractivity contribution < 1.29 is 14.3 Å². The number of urea groups is 1. The molecule has 0 aliphatic carbocycles. The number of para-hydroxylation sites is 2. The number of aryl methyl sites for hydroxylation is 2. The van der Waals surface area contributed by atoms with E-state index < -0.39 is 0 Å². The summed E-state index contributed by atoms with van der Waals surface area (Å²) in [7, 11) is 3.30. The van der Waals surface area contributed by atoms with Crippen LogP contribution in [0.15, 0.2) is 36.4 Å². The highest BCUT2D eigenvalue weighted by Gasteiger charge is 2.23. The van der Waals surface area contributed by atoms with Gasteiger partial charge in [0.25, 0.3) is 0 Å². The Morgan fingerprint density at radius 1 is 0.926 bits per heavy atom. The fourth-order valence-corrected chi connectivity index (χ4v) is 3.29. The lowest BCUT2D eigenvalue weighted by Crippen LogP contribution is -2.50. The first-order valence-electron chi connectivity index (χ1n) is 9.12. The standard InChI is InChI=1S/C21H27N3O3/c1-15-13-17(20(27-4)14-16(15)2)22-21(25)24-11-9-23(10-12-24)18-7-5-6-8-19(18)26-3/h5-8,13-14H,9-12H2,1-4H3,(H,22,25). The molecule has 1 fully saturated rings. The monoisotopic (exact) mass is 369 g/mol. The van der Waals surface area contributed by atoms with Gasteiger partial charge in [-0.2, -0.15) is 0 Å². The number of nitrogens with zero attached hydrogens (tertiary/aromatic N) is 2. The van der Waals surface area contributed by atoms with Crippen molar-refractivity contribution in [1.82, 2.24) is 4.90 Å². The molecule has 0 aromatic heterocycles. The van der Waals surface area contributed by atoms with Crippen LogP contribution in [-0.2, 0) is 0 Å². The van der Waals surface area contributed by atoms with Crippen LogP contribution in [0.25, 0.3) is 0 Å². The van der Waals surface area contributed by atoms with Gasteiger partial charge in [-0.15, -0.1) is 0 Å². The van der Waals surface area contributed by atoms with Gasteiger partial charge in [0.1, 0.15) is 11.5 Å². The van der Waals surface area contributed by atoms with Crippen LogP contribution >= 0.6 is 0 Å². The Kier molecular flexibility index (Phi) is 5.74. The maximum Gasteiger partial charge on any atom is 0.322 e. The van der Waals surface area contributed by atoms with Crippen molar-refractivity contribution >= 4 is 17.4 Å². The van der Waals surface area contributed by atoms with Gasteiger partial charge in [-0.05, 0) is 49.2 Å². The van der Waals surface area contributed by atoms with E-state index in [9.17, 15) is 4.79 Å². The number of carbonyl (C=O) groups is 1. The van der Waals surface area contributed by atoms with Crippen molar-refractivity contribution in [3.63, 3.8) is 0 Å². The molecule has 0 spiro atoms. The minimum absolute atomic E-state index is 0.101. The van der Waals surface area contributed by atoms with E-state index in [1.165, 1.54) is 0 Å². The maximum atomic E-state index is 12.7. The number of ether oxygens (including phenoxy) is 2. The molecule has 2 aromatic rings. The number of carbonyl (C=O) groups excluding carboxylic acids is 1. The van der Waals surface area contributed by atoms with E-state index in [0.29, 0.717) is 24.5 Å². The van der Waals surface area contributed by atoms with Crippen LogP contribution in [0.5, 0.6) is 11.5 Å². The summed E-state index contributed by atoms with van der Waals surface area (Å²) in [5.74, 6) is 1.54. The molecule has 2 amide bonds. The molecule has 0 unspecified atom stereocenters. The van der Waals surface area contributed by atoms with Crippen molar-refractivity contribution in [2.75, 3.05) is 50.6 Å². The first kappa shape index (κ1) is 18.9. The number of amides is 2. The summed E-state index contributed by atoms with van der Waals surface area (Å²) in [5, 5.41) is 3.00. The molecule has 27 heavy (non-hydrogen) atoms. The van der Waals surface area contributed by atoms with Gasteiger partial charge in [0.05, 0.1) is 25.6 Å². The summed E-state index contributed by atoms with van der Waals surface area (Å²) >= 11 is 0. The molecule has 1 aliphatic heterocycles. The van der Waals surface area contributed by atoms with Crippen LogP contribution in [0.1, 0.15) is 11.1 Å². The summed E-state index contributed by atoms with van der Waals surface area (Å²) in [6.07, 6.45) is 0. The van der Waals surface area contributed by atoms with Gasteiger partial charge >= 0.3 is 6.03 Å². The van der Waals surface area contributed by atoms with Gasteiger partial charge in [0.15, 0.2) is 0 Å². The molecule has 1 saturated heterocycles. The topological polar surface area (TPSA) is 54.0 Å². The van der Waals surface area contributed by atoms with Crippen molar-refractivity contribution in [3.05, 3.63) is 47.5 Å². The lowest BCUT2D eigenvalue weighted by Gasteiger charge is -2.36. The Hall–Kier alpha value is -2.89. The van der Waals surface area contributed by atoms with Gasteiger partial charge in [-0.1, -0.05) is 12.1 Å². The van der Waals surface area contributed by atoms with E-state index in [1.807, 2.05) is 49.1 Å². The number of rotatable bonds is 4. The Morgan fingerprint density at radius 2 is 1.56 bits per heavy atom. The molecule has 3 rings (SSSR count). The molecular formula is C21H27N3O3. The molecular weight excluding hydrogens is 342 g/mol. The minimum atomic E-state index is -0.101. The van der Waals surface area contributed by atoms with Gasteiger partial charge < -0.3 is 24.6 Å². The van der Waals surface area contributed by atoms with Crippen molar-refractivity contribution in [3.8, 4) is 11.5 Å². The number of anilines is 2. The minimum Gasteiger partial charge on any atom is -0.495 e. The van der Waals surface area contributed by atoms with Crippen LogP contribution in [-0.4, -0.2) is 51.3 Å². The highest BCUT2D eigenvalue weighted by Crippen LogP contribution is 2.30. The molecule has 1 aliphatic rings. The second-order valence-electron chi connectivity index (χ2n) is 6.71. The van der Waals surface area contributed by atoms with Crippen LogP contribution < -0.4 is 19.7 Å². The average Bonchev–Trinajstić information content (AvgIpc) is 2.70. The zero-order valence-electron chi connectivity index (χ0n) is 16.4. The molecule has 0 bridgehead atoms. The van der Waals surface area contributed by atoms with E-state index in [1.54, 1.807) is 14.2 Å². The maximum absolute atomic E-state index is 12.7. The van der Waals surface area contributed by atoms with Gasteiger partial charge in [-0.3, -0.25) is 0 Å². The molecule has 6 heteroatoms. The van der Waals surface area contributed by atoms with Crippen LogP contribution in [0.3, 0.4) is 0 Å². The molecule has 1 heterocycles. The number of methoxy groups -OCH3 is 2. The Balaban J connectivity index is 1.65. The van der Waals surface area contributed by atoms with Gasteiger partial charge in [-0.25, -0.2) is 4.79 Å². The number of piperazine rings is 1. The van der Waals surface area contributed by atoms with E-state index >= 15 is 0 Å². The third-order valence-corrected chi connectivity index (χ3v) is 5.05. The fourth-order valence-electron chi connectivity index (χ4n) is 3.29. The lowest BCUT2D eigenvalue weighted by molar-refractivity contribution is 0.208. The van der Waals surface area contributed by atoms with Gasteiger partial charge in [0.2, 0.25) is 0 Å². The third kappa shape index (κ3) is 4.10. The largest absolute Gasteiger partial charge is 0.495 e. The summed E-state index contributed by atoms with van der Waals surface area (Å²) in [6.45, 7) is 6.88. The first-order valence-corrected chi connectivity index (χ1v) is 9.12.